The molecule has 0 fully saturated rings. The van der Waals surface area contributed by atoms with E-state index in [4.69, 9.17) is 0 Å². The third-order valence-electron chi connectivity index (χ3n) is 0.480. The molecule has 0 saturated heterocycles. The van der Waals surface area contributed by atoms with Gasteiger partial charge in [0.15, 0.2) is 0 Å². The smallest absolute Gasteiger partial charge is 0.873 e. The van der Waals surface area contributed by atoms with Gasteiger partial charge in [0.05, 0.1) is 5.95 Å². The summed E-state index contributed by atoms with van der Waals surface area (Å²) in [5.74, 6) is -1.21. The van der Waals surface area contributed by atoms with Crippen LogP contribution in [0, 0.1) is 0 Å². The Balaban J connectivity index is -0.000000245. The molecule has 0 aliphatic rings. The molecule has 0 heterocycles. The van der Waals surface area contributed by atoms with E-state index in [1.165, 1.54) is 7.11 Å². The van der Waals surface area contributed by atoms with Crippen LogP contribution in [-0.4, -0.2) is 7.11 Å². The zero-order valence-electron chi connectivity index (χ0n) is 6.51. The first-order valence-electron chi connectivity index (χ1n) is 1.95. The van der Waals surface area contributed by atoms with E-state index in [1.54, 1.807) is 0 Å². The van der Waals surface area contributed by atoms with Gasteiger partial charge in [-0.25, -0.2) is 0 Å². The predicted octanol–water partition coefficient (Wildman–Crippen LogP) is -7.28. The summed E-state index contributed by atoms with van der Waals surface area (Å²) in [6.45, 7) is 2.93. The van der Waals surface area contributed by atoms with Gasteiger partial charge in [0.1, 0.15) is 0 Å². The van der Waals surface area contributed by atoms with Crippen LogP contribution in [0.15, 0.2) is 24.4 Å². The molecular formula is C5H6Li2O3. The maximum atomic E-state index is 10.1. The first-order valence-corrected chi connectivity index (χ1v) is 1.95. The fourth-order valence-electron chi connectivity index (χ4n) is 0.190. The molecular weight excluding hydrogens is 122 g/mol. The van der Waals surface area contributed by atoms with Crippen molar-refractivity contribution in [3.05, 3.63) is 24.4 Å². The second kappa shape index (κ2) is 9.07. The third kappa shape index (κ3) is 11.0. The Bertz CT molecular complexity index is 122. The molecule has 0 aromatic carbocycles. The fourth-order valence-corrected chi connectivity index (χ4v) is 0.190. The monoisotopic (exact) mass is 128 g/mol. The molecule has 10 heavy (non-hydrogen) atoms. The van der Waals surface area contributed by atoms with Crippen LogP contribution in [0.1, 0.15) is 0 Å². The maximum absolute atomic E-state index is 10.1. The summed E-state index contributed by atoms with van der Waals surface area (Å²) in [7, 11) is 1.20. The molecule has 0 aliphatic carbocycles. The van der Waals surface area contributed by atoms with E-state index in [0.29, 0.717) is 0 Å². The molecule has 46 valence electrons. The SMILES string of the molecule is C=C([O-])/C=C(\[O-])OC.[Li+].[Li+]. The molecule has 0 aromatic heterocycles. The van der Waals surface area contributed by atoms with Crippen molar-refractivity contribution < 1.29 is 52.7 Å². The van der Waals surface area contributed by atoms with Crippen LogP contribution < -0.4 is 47.9 Å². The first kappa shape index (κ1) is 16.6. The first-order chi connectivity index (χ1) is 3.66. The van der Waals surface area contributed by atoms with Crippen molar-refractivity contribution in [2.75, 3.05) is 7.11 Å². The van der Waals surface area contributed by atoms with Crippen LogP contribution in [0.3, 0.4) is 0 Å². The molecule has 0 amide bonds. The van der Waals surface area contributed by atoms with Gasteiger partial charge in [-0.1, -0.05) is 0 Å². The number of hydrogen-bond acceptors (Lipinski definition) is 3. The number of ether oxygens (including phenoxy) is 1. The minimum absolute atomic E-state index is 0. The summed E-state index contributed by atoms with van der Waals surface area (Å²) in [6.07, 6.45) is 0.778. The third-order valence-corrected chi connectivity index (χ3v) is 0.480. The maximum Gasteiger partial charge on any atom is 1.00 e. The molecule has 0 atom stereocenters. The molecule has 0 rings (SSSR count). The quantitative estimate of drug-likeness (QED) is 0.211. The van der Waals surface area contributed by atoms with Gasteiger partial charge >= 0.3 is 37.7 Å². The molecule has 0 N–H and O–H groups in total. The number of rotatable bonds is 2. The molecule has 0 bridgehead atoms. The summed E-state index contributed by atoms with van der Waals surface area (Å²) in [4.78, 5) is 0. The van der Waals surface area contributed by atoms with Crippen molar-refractivity contribution in [1.82, 2.24) is 0 Å². The van der Waals surface area contributed by atoms with Crippen LogP contribution in [0.4, 0.5) is 0 Å². The topological polar surface area (TPSA) is 55.3 Å². The van der Waals surface area contributed by atoms with Crippen molar-refractivity contribution in [1.29, 1.82) is 0 Å². The fraction of sp³-hybridized carbons (Fsp3) is 0.200. The summed E-state index contributed by atoms with van der Waals surface area (Å²) in [5, 5.41) is 20.0. The van der Waals surface area contributed by atoms with Gasteiger partial charge in [0.2, 0.25) is 0 Å². The minimum atomic E-state index is -0.662. The van der Waals surface area contributed by atoms with Gasteiger partial charge < -0.3 is 14.9 Å². The van der Waals surface area contributed by atoms with Gasteiger partial charge in [-0.2, -0.15) is 0 Å². The van der Waals surface area contributed by atoms with E-state index in [-0.39, 0.29) is 37.7 Å². The number of methoxy groups -OCH3 is 1. The van der Waals surface area contributed by atoms with Crippen molar-refractivity contribution in [2.24, 2.45) is 0 Å². The standard InChI is InChI=1S/C5H8O3.2Li/c1-4(6)3-5(7)8-2;;/h3,6-7H,1H2,2H3;;/q;2*+1/p-2/b5-3+;;. The Hall–Kier alpha value is 0.0748. The van der Waals surface area contributed by atoms with Crippen molar-refractivity contribution in [2.45, 2.75) is 0 Å². The average Bonchev–Trinajstić information content (AvgIpc) is 1.65. The van der Waals surface area contributed by atoms with Gasteiger partial charge in [0.25, 0.3) is 0 Å². The van der Waals surface area contributed by atoms with Crippen LogP contribution in [0.25, 0.3) is 0 Å². The van der Waals surface area contributed by atoms with Gasteiger partial charge in [-0.05, 0) is 13.2 Å². The van der Waals surface area contributed by atoms with Crippen LogP contribution in [0.2, 0.25) is 0 Å². The number of hydrogen-bond donors (Lipinski definition) is 0. The van der Waals surface area contributed by atoms with Gasteiger partial charge in [-0.15, -0.1) is 12.3 Å². The van der Waals surface area contributed by atoms with Gasteiger partial charge in [0, 0.05) is 0 Å². The van der Waals surface area contributed by atoms with E-state index >= 15 is 0 Å². The molecule has 0 radical (unpaired) electrons. The summed E-state index contributed by atoms with van der Waals surface area (Å²) in [6, 6.07) is 0. The van der Waals surface area contributed by atoms with E-state index in [9.17, 15) is 10.2 Å². The molecule has 3 nitrogen and oxygen atoms in total. The Morgan fingerprint density at radius 1 is 1.40 bits per heavy atom. The summed E-state index contributed by atoms with van der Waals surface area (Å²) >= 11 is 0. The molecule has 0 aliphatic heterocycles. The van der Waals surface area contributed by atoms with Crippen LogP contribution in [0.5, 0.6) is 0 Å². The zero-order chi connectivity index (χ0) is 6.57. The van der Waals surface area contributed by atoms with Crippen LogP contribution in [-0.2, 0) is 4.74 Å². The second-order valence-electron chi connectivity index (χ2n) is 1.13. The molecule has 0 unspecified atom stereocenters. The summed E-state index contributed by atoms with van der Waals surface area (Å²) < 4.78 is 4.11. The van der Waals surface area contributed by atoms with Crippen molar-refractivity contribution in [3.8, 4) is 0 Å². The normalized spacial score (nSPS) is 8.70. The molecule has 0 spiro atoms. The molecule has 5 heteroatoms. The van der Waals surface area contributed by atoms with Crippen molar-refractivity contribution in [3.63, 3.8) is 0 Å². The van der Waals surface area contributed by atoms with Gasteiger partial charge in [-0.3, -0.25) is 0 Å². The summed E-state index contributed by atoms with van der Waals surface area (Å²) in [5.41, 5.74) is 0. The molecule has 0 aromatic rings. The Labute approximate surface area is 84.1 Å². The minimum Gasteiger partial charge on any atom is -0.873 e. The second-order valence-corrected chi connectivity index (χ2v) is 1.13. The van der Waals surface area contributed by atoms with Crippen molar-refractivity contribution >= 4 is 0 Å². The van der Waals surface area contributed by atoms with E-state index < -0.39 is 11.7 Å². The van der Waals surface area contributed by atoms with Crippen LogP contribution >= 0.6 is 0 Å². The Morgan fingerprint density at radius 3 is 1.90 bits per heavy atom. The molecule has 0 saturated carbocycles. The zero-order valence-corrected chi connectivity index (χ0v) is 6.51. The van der Waals surface area contributed by atoms with E-state index in [2.05, 4.69) is 11.3 Å². The largest absolute Gasteiger partial charge is 1.00 e. The number of allylic oxidation sites excluding steroid dienone is 1. The van der Waals surface area contributed by atoms with E-state index in [1.807, 2.05) is 0 Å². The average molecular weight is 128 g/mol. The van der Waals surface area contributed by atoms with E-state index in [0.717, 1.165) is 6.08 Å². The predicted molar refractivity (Wildman–Crippen MR) is 24.2 cm³/mol. The Kier molecular flexibility index (Phi) is 15.0. The Morgan fingerprint density at radius 2 is 1.80 bits per heavy atom.